The van der Waals surface area contributed by atoms with Gasteiger partial charge in [0.15, 0.2) is 0 Å². The molecule has 0 heterocycles. The van der Waals surface area contributed by atoms with Crippen LogP contribution in [0.3, 0.4) is 0 Å². The summed E-state index contributed by atoms with van der Waals surface area (Å²) in [6.07, 6.45) is 0. The SMILES string of the molecule is CCN(CC)CCNC(=O)c1ccc(Cl)cc1O. The van der Waals surface area contributed by atoms with Crippen molar-refractivity contribution in [2.75, 3.05) is 26.2 Å². The maximum Gasteiger partial charge on any atom is 0.255 e. The molecule has 0 saturated heterocycles. The van der Waals surface area contributed by atoms with Crippen LogP contribution in [-0.4, -0.2) is 42.1 Å². The van der Waals surface area contributed by atoms with Crippen LogP contribution in [0, 0.1) is 0 Å². The molecule has 1 amide bonds. The highest BCUT2D eigenvalue weighted by Gasteiger charge is 2.11. The smallest absolute Gasteiger partial charge is 0.255 e. The fourth-order valence-corrected chi connectivity index (χ4v) is 1.83. The first-order chi connectivity index (χ1) is 8.58. The summed E-state index contributed by atoms with van der Waals surface area (Å²) in [5.41, 5.74) is 0.249. The number of benzene rings is 1. The number of hydrogen-bond acceptors (Lipinski definition) is 3. The van der Waals surface area contributed by atoms with E-state index in [0.29, 0.717) is 11.6 Å². The maximum absolute atomic E-state index is 11.8. The number of phenolic OH excluding ortho intramolecular Hbond substituents is 1. The van der Waals surface area contributed by atoms with Gasteiger partial charge in [-0.25, -0.2) is 0 Å². The monoisotopic (exact) mass is 270 g/mol. The van der Waals surface area contributed by atoms with E-state index < -0.39 is 0 Å². The zero-order chi connectivity index (χ0) is 13.5. The van der Waals surface area contributed by atoms with Crippen molar-refractivity contribution in [1.29, 1.82) is 0 Å². The summed E-state index contributed by atoms with van der Waals surface area (Å²) in [4.78, 5) is 14.0. The molecule has 0 fully saturated rings. The number of carbonyl (C=O) groups excluding carboxylic acids is 1. The van der Waals surface area contributed by atoms with Crippen molar-refractivity contribution in [2.45, 2.75) is 13.8 Å². The Morgan fingerprint density at radius 2 is 2.06 bits per heavy atom. The molecule has 5 heteroatoms. The lowest BCUT2D eigenvalue weighted by molar-refractivity contribution is 0.0946. The molecule has 0 spiro atoms. The minimum absolute atomic E-state index is 0.0946. The van der Waals surface area contributed by atoms with Crippen LogP contribution in [0.25, 0.3) is 0 Å². The summed E-state index contributed by atoms with van der Waals surface area (Å²) in [5.74, 6) is -0.376. The van der Waals surface area contributed by atoms with Gasteiger partial charge in [0.25, 0.3) is 5.91 Å². The summed E-state index contributed by atoms with van der Waals surface area (Å²) >= 11 is 5.71. The molecule has 0 aromatic heterocycles. The van der Waals surface area contributed by atoms with Crippen LogP contribution < -0.4 is 5.32 Å². The van der Waals surface area contributed by atoms with Crippen LogP contribution in [0.5, 0.6) is 5.75 Å². The van der Waals surface area contributed by atoms with E-state index in [1.54, 1.807) is 6.07 Å². The molecule has 0 aliphatic rings. The molecule has 0 radical (unpaired) electrons. The van der Waals surface area contributed by atoms with Crippen molar-refractivity contribution in [3.63, 3.8) is 0 Å². The Bertz CT molecular complexity index is 406. The second-order valence-corrected chi connectivity index (χ2v) is 4.38. The van der Waals surface area contributed by atoms with Crippen molar-refractivity contribution in [1.82, 2.24) is 10.2 Å². The van der Waals surface area contributed by atoms with Gasteiger partial charge in [-0.05, 0) is 31.3 Å². The molecule has 0 aliphatic carbocycles. The predicted molar refractivity (Wildman–Crippen MR) is 73.2 cm³/mol. The molecule has 0 aliphatic heterocycles. The summed E-state index contributed by atoms with van der Waals surface area (Å²) < 4.78 is 0. The normalized spacial score (nSPS) is 10.7. The van der Waals surface area contributed by atoms with Crippen molar-refractivity contribution < 1.29 is 9.90 Å². The van der Waals surface area contributed by atoms with Crippen LogP contribution in [0.4, 0.5) is 0 Å². The lowest BCUT2D eigenvalue weighted by Gasteiger charge is -2.18. The van der Waals surface area contributed by atoms with Gasteiger partial charge >= 0.3 is 0 Å². The average molecular weight is 271 g/mol. The van der Waals surface area contributed by atoms with Crippen molar-refractivity contribution in [3.8, 4) is 5.75 Å². The van der Waals surface area contributed by atoms with Gasteiger partial charge in [0, 0.05) is 18.1 Å². The van der Waals surface area contributed by atoms with Gasteiger partial charge in [-0.15, -0.1) is 0 Å². The third kappa shape index (κ3) is 4.20. The van der Waals surface area contributed by atoms with Gasteiger partial charge in [0.05, 0.1) is 5.56 Å². The zero-order valence-electron chi connectivity index (χ0n) is 10.7. The molecule has 0 bridgehead atoms. The van der Waals surface area contributed by atoms with Gasteiger partial charge in [0.1, 0.15) is 5.75 Å². The number of carbonyl (C=O) groups is 1. The van der Waals surface area contributed by atoms with E-state index in [-0.39, 0.29) is 17.2 Å². The van der Waals surface area contributed by atoms with Crippen LogP contribution in [-0.2, 0) is 0 Å². The molecule has 100 valence electrons. The highest BCUT2D eigenvalue weighted by atomic mass is 35.5. The molecule has 4 nitrogen and oxygen atoms in total. The topological polar surface area (TPSA) is 52.6 Å². The van der Waals surface area contributed by atoms with E-state index >= 15 is 0 Å². The quantitative estimate of drug-likeness (QED) is 0.833. The Balaban J connectivity index is 2.50. The van der Waals surface area contributed by atoms with Gasteiger partial charge in [-0.2, -0.15) is 0 Å². The van der Waals surface area contributed by atoms with E-state index in [2.05, 4.69) is 24.1 Å². The maximum atomic E-state index is 11.8. The molecule has 0 atom stereocenters. The first-order valence-electron chi connectivity index (χ1n) is 6.07. The molecule has 18 heavy (non-hydrogen) atoms. The standard InChI is InChI=1S/C13H19ClN2O2/c1-3-16(4-2)8-7-15-13(18)11-6-5-10(14)9-12(11)17/h5-6,9,17H,3-4,7-8H2,1-2H3,(H,15,18). The van der Waals surface area contributed by atoms with Crippen LogP contribution in [0.2, 0.25) is 5.02 Å². The Labute approximate surface area is 113 Å². The first kappa shape index (κ1) is 14.8. The number of rotatable bonds is 6. The highest BCUT2D eigenvalue weighted by Crippen LogP contribution is 2.21. The molecular formula is C13H19ClN2O2. The summed E-state index contributed by atoms with van der Waals surface area (Å²) in [5, 5.41) is 12.8. The summed E-state index contributed by atoms with van der Waals surface area (Å²) in [6.45, 7) is 7.43. The lowest BCUT2D eigenvalue weighted by atomic mass is 10.2. The number of nitrogens with zero attached hydrogens (tertiary/aromatic N) is 1. The second-order valence-electron chi connectivity index (χ2n) is 3.94. The van der Waals surface area contributed by atoms with Crippen molar-refractivity contribution in [3.05, 3.63) is 28.8 Å². The fraction of sp³-hybridized carbons (Fsp3) is 0.462. The number of likely N-dealkylation sites (N-methyl/N-ethyl adjacent to an activating group) is 1. The van der Waals surface area contributed by atoms with Gasteiger partial charge < -0.3 is 15.3 Å². The Morgan fingerprint density at radius 3 is 2.61 bits per heavy atom. The van der Waals surface area contributed by atoms with Crippen molar-refractivity contribution in [2.24, 2.45) is 0 Å². The summed E-state index contributed by atoms with van der Waals surface area (Å²) in [6, 6.07) is 4.46. The number of hydrogen-bond donors (Lipinski definition) is 2. The number of phenols is 1. The number of aromatic hydroxyl groups is 1. The molecular weight excluding hydrogens is 252 g/mol. The molecule has 1 rings (SSSR count). The third-order valence-corrected chi connectivity index (χ3v) is 3.05. The molecule has 1 aromatic carbocycles. The van der Waals surface area contributed by atoms with Gasteiger partial charge in [-0.1, -0.05) is 25.4 Å². The van der Waals surface area contributed by atoms with Crippen LogP contribution in [0.15, 0.2) is 18.2 Å². The lowest BCUT2D eigenvalue weighted by Crippen LogP contribution is -2.34. The average Bonchev–Trinajstić information content (AvgIpc) is 2.34. The molecule has 0 unspecified atom stereocenters. The molecule has 1 aromatic rings. The Kier molecular flexibility index (Phi) is 5.95. The van der Waals surface area contributed by atoms with E-state index in [9.17, 15) is 9.90 Å². The number of nitrogens with one attached hydrogen (secondary N) is 1. The summed E-state index contributed by atoms with van der Waals surface area (Å²) in [7, 11) is 0. The number of amides is 1. The van der Waals surface area contributed by atoms with Crippen molar-refractivity contribution >= 4 is 17.5 Å². The van der Waals surface area contributed by atoms with E-state index in [4.69, 9.17) is 11.6 Å². The zero-order valence-corrected chi connectivity index (χ0v) is 11.5. The Morgan fingerprint density at radius 1 is 1.39 bits per heavy atom. The molecule has 0 saturated carbocycles. The predicted octanol–water partition coefficient (Wildman–Crippen LogP) is 2.12. The third-order valence-electron chi connectivity index (χ3n) is 2.81. The second kappa shape index (κ2) is 7.24. The Hall–Kier alpha value is -1.26. The molecule has 2 N–H and O–H groups in total. The number of halogens is 1. The van der Waals surface area contributed by atoms with E-state index in [1.165, 1.54) is 12.1 Å². The van der Waals surface area contributed by atoms with E-state index in [1.807, 2.05) is 0 Å². The first-order valence-corrected chi connectivity index (χ1v) is 6.45. The van der Waals surface area contributed by atoms with Gasteiger partial charge in [-0.3, -0.25) is 4.79 Å². The largest absolute Gasteiger partial charge is 0.507 e. The minimum atomic E-state index is -0.281. The minimum Gasteiger partial charge on any atom is -0.507 e. The fourth-order valence-electron chi connectivity index (χ4n) is 1.66. The highest BCUT2D eigenvalue weighted by molar-refractivity contribution is 6.30. The van der Waals surface area contributed by atoms with Gasteiger partial charge in [0.2, 0.25) is 0 Å². The van der Waals surface area contributed by atoms with Crippen LogP contribution >= 0.6 is 11.6 Å². The van der Waals surface area contributed by atoms with E-state index in [0.717, 1.165) is 19.6 Å². The van der Waals surface area contributed by atoms with Crippen LogP contribution in [0.1, 0.15) is 24.2 Å².